The molecule has 4 aromatic rings. The number of aryl methyl sites for hydroxylation is 4. The Morgan fingerprint density at radius 3 is 1.02 bits per heavy atom. The second-order valence-electron chi connectivity index (χ2n) is 31.2. The average Bonchev–Trinajstić information content (AvgIpc) is 1.14. The van der Waals surface area contributed by atoms with E-state index in [2.05, 4.69) is 62.6 Å². The van der Waals surface area contributed by atoms with Crippen LogP contribution in [0.1, 0.15) is 113 Å². The summed E-state index contributed by atoms with van der Waals surface area (Å²) in [6, 6.07) is 18.7. The molecule has 5 fully saturated rings. The van der Waals surface area contributed by atoms with Crippen molar-refractivity contribution in [2.24, 2.45) is 58.4 Å². The van der Waals surface area contributed by atoms with E-state index in [0.29, 0.717) is 112 Å². The van der Waals surface area contributed by atoms with Gasteiger partial charge in [-0.15, -0.1) is 0 Å². The third-order valence-corrected chi connectivity index (χ3v) is 20.8. The van der Waals surface area contributed by atoms with E-state index in [1.54, 1.807) is 84.0 Å². The molecule has 44 heteroatoms. The van der Waals surface area contributed by atoms with Crippen LogP contribution in [0.3, 0.4) is 0 Å². The van der Waals surface area contributed by atoms with E-state index in [-0.39, 0.29) is 51.9 Å². The first kappa shape index (κ1) is 103. The van der Waals surface area contributed by atoms with Crippen molar-refractivity contribution >= 4 is 119 Å². The van der Waals surface area contributed by atoms with Crippen molar-refractivity contribution in [3.05, 3.63) is 95.1 Å². The Balaban J connectivity index is 0.000000329. The summed E-state index contributed by atoms with van der Waals surface area (Å²) in [5.41, 5.74) is 28.0. The predicted octanol–water partition coefficient (Wildman–Crippen LogP) is 10.6. The van der Waals surface area contributed by atoms with Gasteiger partial charge in [0.15, 0.2) is 38.0 Å². The number of aliphatic hydroxyl groups excluding tert-OH is 2. The SMILES string of the molecule is Cc1cc(NC(=O)OCC(C)OCOC(=O)Nc2ccc(C)c(NC(=O)OCC(CO)OC(=O)NCC3CCCC(CN)C3)c2)ccc1NC(=O)OCC(CO)OC(=O)NCC1CCCC(CN)C1.Cc1cc(NC(=O)OCC(C)OCOC(=O)Nc2ccc(C)c(NC(=O)OCC3COC(=O)O3)c2)ccc1NC(=O)OCC1COC(=O)O1.NCC1CCCC(CN)C1. The molecule has 0 radical (unpaired) electrons. The second kappa shape index (κ2) is 55.4. The molecule has 20 N–H and O–H groups in total. The molecule has 2 aliphatic heterocycles. The summed E-state index contributed by atoms with van der Waals surface area (Å²) >= 11 is 0. The Labute approximate surface area is 740 Å². The molecule has 5 aliphatic rings. The molecule has 12 unspecified atom stereocenters. The van der Waals surface area contributed by atoms with E-state index >= 15 is 0 Å². The number of amides is 10. The highest BCUT2D eigenvalue weighted by atomic mass is 16.8. The third kappa shape index (κ3) is 39.4. The molecule has 3 saturated carbocycles. The first-order valence-electron chi connectivity index (χ1n) is 42.2. The Morgan fingerprint density at radius 2 is 0.680 bits per heavy atom. The average molecular weight is 1810 g/mol. The lowest BCUT2D eigenvalue weighted by Crippen LogP contribution is -2.37. The molecule has 708 valence electrons. The third-order valence-electron chi connectivity index (χ3n) is 20.8. The van der Waals surface area contributed by atoms with Crippen molar-refractivity contribution < 1.29 is 144 Å². The largest absolute Gasteiger partial charge is 0.508 e. The van der Waals surface area contributed by atoms with Gasteiger partial charge in [-0.05, 0) is 244 Å². The monoisotopic (exact) mass is 1810 g/mol. The zero-order chi connectivity index (χ0) is 92.9. The summed E-state index contributed by atoms with van der Waals surface area (Å²) in [6.45, 7) is 10.2. The maximum atomic E-state index is 12.6. The maximum Gasteiger partial charge on any atom is 0.508 e. The molecule has 9 rings (SSSR count). The first-order valence-corrected chi connectivity index (χ1v) is 42.2. The Kier molecular flexibility index (Phi) is 44.5. The van der Waals surface area contributed by atoms with Crippen LogP contribution in [-0.2, 0) is 75.8 Å². The summed E-state index contributed by atoms with van der Waals surface area (Å²) in [4.78, 5) is 145. The smallest absolute Gasteiger partial charge is 0.447 e. The minimum absolute atomic E-state index is 0.00295. The van der Waals surface area contributed by atoms with Gasteiger partial charge in [-0.3, -0.25) is 42.5 Å². The van der Waals surface area contributed by atoms with Crippen molar-refractivity contribution in [1.82, 2.24) is 10.6 Å². The highest BCUT2D eigenvalue weighted by Gasteiger charge is 2.31. The van der Waals surface area contributed by atoms with E-state index in [4.69, 9.17) is 89.3 Å². The second-order valence-corrected chi connectivity index (χ2v) is 31.2. The molecule has 0 spiro atoms. The van der Waals surface area contributed by atoms with Gasteiger partial charge in [-0.1, -0.05) is 31.4 Å². The summed E-state index contributed by atoms with van der Waals surface area (Å²) in [5, 5.41) is 45.1. The molecule has 10 amide bonds. The number of hydrogen-bond donors (Lipinski definition) is 16. The van der Waals surface area contributed by atoms with Gasteiger partial charge >= 0.3 is 73.2 Å². The molecule has 12 atom stereocenters. The number of alkyl carbamates (subject to hydrolysis) is 2. The van der Waals surface area contributed by atoms with Crippen LogP contribution in [0.15, 0.2) is 72.8 Å². The molecule has 44 nitrogen and oxygen atoms in total. The van der Waals surface area contributed by atoms with Crippen molar-refractivity contribution in [3.63, 3.8) is 0 Å². The summed E-state index contributed by atoms with van der Waals surface area (Å²) in [5.74, 6) is 3.01. The van der Waals surface area contributed by atoms with Crippen LogP contribution < -0.4 is 76.1 Å². The highest BCUT2D eigenvalue weighted by Crippen LogP contribution is 2.32. The number of nitrogens with two attached hydrogens (primary N) is 4. The van der Waals surface area contributed by atoms with Gasteiger partial charge in [0.25, 0.3) is 0 Å². The minimum Gasteiger partial charge on any atom is -0.447 e. The minimum atomic E-state index is -1.09. The quantitative estimate of drug-likeness (QED) is 0.0113. The number of carbonyl (C=O) groups excluding carboxylic acids is 12. The number of anilines is 8. The number of cyclic esters (lactones) is 4. The van der Waals surface area contributed by atoms with Crippen LogP contribution in [0, 0.1) is 63.2 Å². The Bertz CT molecular complexity index is 4260. The van der Waals surface area contributed by atoms with Crippen LogP contribution >= 0.6 is 0 Å². The summed E-state index contributed by atoms with van der Waals surface area (Å²) in [6.07, 6.45) is -1.18. The fraction of sp³-hybridized carbons (Fsp3) is 0.571. The summed E-state index contributed by atoms with van der Waals surface area (Å²) < 4.78 is 80.9. The van der Waals surface area contributed by atoms with Crippen molar-refractivity contribution in [2.45, 2.75) is 155 Å². The number of nitrogens with one attached hydrogen (secondary N) is 10. The van der Waals surface area contributed by atoms with Gasteiger partial charge in [0.05, 0.1) is 25.4 Å². The van der Waals surface area contributed by atoms with Crippen molar-refractivity contribution in [2.75, 3.05) is 161 Å². The molecule has 4 aromatic carbocycles. The fourth-order valence-corrected chi connectivity index (χ4v) is 13.6. The number of carbonyl (C=O) groups is 12. The topological polar surface area (TPSA) is 617 Å². The van der Waals surface area contributed by atoms with Gasteiger partial charge in [-0.25, -0.2) is 57.5 Å². The van der Waals surface area contributed by atoms with E-state index in [0.717, 1.165) is 76.3 Å². The molecular formula is C84H122N14O30. The lowest BCUT2D eigenvalue weighted by atomic mass is 9.81. The maximum absolute atomic E-state index is 12.6. The number of hydrogen-bond acceptors (Lipinski definition) is 34. The molecular weight excluding hydrogens is 1680 g/mol. The lowest BCUT2D eigenvalue weighted by Gasteiger charge is -2.28. The van der Waals surface area contributed by atoms with Crippen molar-refractivity contribution in [3.8, 4) is 0 Å². The normalized spacial score (nSPS) is 19.4. The van der Waals surface area contributed by atoms with Gasteiger partial charge in [0.1, 0.15) is 52.9 Å². The first-order chi connectivity index (χ1) is 61.4. The zero-order valence-electron chi connectivity index (χ0n) is 72.7. The van der Waals surface area contributed by atoms with Crippen LogP contribution in [0.5, 0.6) is 0 Å². The molecule has 3 aliphatic carbocycles. The number of ether oxygens (including phenoxy) is 16. The lowest BCUT2D eigenvalue weighted by molar-refractivity contribution is -0.0645. The fourth-order valence-electron chi connectivity index (χ4n) is 13.6. The van der Waals surface area contributed by atoms with Crippen LogP contribution in [0.4, 0.5) is 103 Å². The molecule has 0 aromatic heterocycles. The van der Waals surface area contributed by atoms with Crippen LogP contribution in [0.25, 0.3) is 0 Å². The van der Waals surface area contributed by atoms with E-state index in [9.17, 15) is 67.7 Å². The number of aliphatic hydroxyl groups is 2. The highest BCUT2D eigenvalue weighted by molar-refractivity contribution is 5.93. The molecule has 128 heavy (non-hydrogen) atoms. The molecule has 2 heterocycles. The van der Waals surface area contributed by atoms with Gasteiger partial charge in [-0.2, -0.15) is 0 Å². The zero-order valence-corrected chi connectivity index (χ0v) is 72.7. The van der Waals surface area contributed by atoms with Gasteiger partial charge < -0.3 is 120 Å². The summed E-state index contributed by atoms with van der Waals surface area (Å²) in [7, 11) is 0. The Hall–Kier alpha value is -12.2. The number of rotatable bonds is 38. The van der Waals surface area contributed by atoms with Crippen LogP contribution in [-0.4, -0.2) is 239 Å². The van der Waals surface area contributed by atoms with E-state index in [1.165, 1.54) is 56.0 Å². The van der Waals surface area contributed by atoms with Gasteiger partial charge in [0, 0.05) is 58.6 Å². The van der Waals surface area contributed by atoms with Crippen molar-refractivity contribution in [1.29, 1.82) is 0 Å². The molecule has 0 bridgehead atoms. The van der Waals surface area contributed by atoms with Gasteiger partial charge in [0.2, 0.25) is 0 Å². The van der Waals surface area contributed by atoms with E-state index < -0.39 is 143 Å². The standard InChI is InChI=1S/C46H70N8O15.C30H34N4O15.C8H18N2/c1-28-10-11-36(17-40(28)54-46(62)65-26-38(23-56)69-42(58)50-21-34-9-5-7-32(16-34)19-48)52-44(60)67-27-66-30(3)24-63-43(59)51-35-12-13-39(29(2)14-35)53-45(61)64-25-37(22-55)68-41(57)49-20-33-8-4-6-31(15-33)18-47;1-16-4-5-20(9-24(16)34-28(38)43-12-22-14-45-30(40)49-22)32-26(36)47-15-46-18(3)10-41-25(35)31-19-6-7-23(17(2)8-19)33-27(37)42-11-21-13-44-29(39)48-21;9-5-7-2-1-3-8(4-7)6-10/h10-14,17,30-34,37-38,55-56H,4-9,15-16,18-27,47-48H2,1-3H3,(H,49,57)(H,50,58)(H,51,59)(H,52,60)(H,53,61)(H,54,62);4-9,18,21-22H,10-15H2,1-3H3,(H,31,35)(H,32,36)(H,33,37)(H,34,38);7-8H,1-6,9-10H2. The predicted molar refractivity (Wildman–Crippen MR) is 461 cm³/mol. The Morgan fingerprint density at radius 1 is 0.375 bits per heavy atom. The van der Waals surface area contributed by atoms with Crippen LogP contribution in [0.2, 0.25) is 0 Å². The molecule has 2 saturated heterocycles. The van der Waals surface area contributed by atoms with E-state index in [1.807, 2.05) is 0 Å². The number of benzene rings is 4.